The highest BCUT2D eigenvalue weighted by molar-refractivity contribution is 8.00. The molecule has 12 heteroatoms. The molecule has 0 spiro atoms. The van der Waals surface area contributed by atoms with Gasteiger partial charge in [0.1, 0.15) is 0 Å². The molecule has 4 aromatic carbocycles. The first kappa shape index (κ1) is 33.2. The van der Waals surface area contributed by atoms with Crippen LogP contribution in [0.15, 0.2) is 105 Å². The molecule has 0 bridgehead atoms. The average Bonchev–Trinajstić information content (AvgIpc) is 3.07. The van der Waals surface area contributed by atoms with Crippen molar-refractivity contribution in [1.29, 1.82) is 0 Å². The first-order valence-electron chi connectivity index (χ1n) is 16.0. The van der Waals surface area contributed by atoms with Gasteiger partial charge in [-0.1, -0.05) is 47.8 Å². The van der Waals surface area contributed by atoms with Crippen LogP contribution in [0.4, 0.5) is 49.1 Å². The summed E-state index contributed by atoms with van der Waals surface area (Å²) in [7, 11) is 0. The van der Waals surface area contributed by atoms with E-state index in [-0.39, 0.29) is 0 Å². The van der Waals surface area contributed by atoms with Crippen LogP contribution in [-0.2, 0) is 12.4 Å². The van der Waals surface area contributed by atoms with E-state index in [1.54, 1.807) is 12.1 Å². The fourth-order valence-corrected chi connectivity index (χ4v) is 8.79. The third-order valence-corrected chi connectivity index (χ3v) is 11.3. The zero-order valence-corrected chi connectivity index (χ0v) is 27.7. The zero-order valence-electron chi connectivity index (χ0n) is 26.0. The zero-order chi connectivity index (χ0) is 33.5. The molecular weight excluding hydrogens is 667 g/mol. The normalized spacial score (nSPS) is 16.7. The van der Waals surface area contributed by atoms with Gasteiger partial charge in [-0.25, -0.2) is 0 Å². The third kappa shape index (κ3) is 7.03. The molecule has 0 radical (unpaired) electrons. The van der Waals surface area contributed by atoms with Crippen molar-refractivity contribution in [2.45, 2.75) is 44.8 Å². The Labute approximate surface area is 284 Å². The van der Waals surface area contributed by atoms with E-state index in [9.17, 15) is 26.3 Å². The standard InChI is InChI=1S/C36H34F6N4S2/c37-35(38,39)25-11-13-33-29(23-25)45(27-7-1-3-9-31(27)47-33)17-5-15-43-19-21-44(22-20-43)16-6-18-46-28-8-2-4-10-32(28)48-34-14-12-26(24-30(34)46)36(40,41)42/h1-4,7-14,23-24H,5-6,15-22H2. The number of piperazine rings is 1. The molecule has 0 N–H and O–H groups in total. The lowest BCUT2D eigenvalue weighted by Crippen LogP contribution is -2.47. The van der Waals surface area contributed by atoms with E-state index in [1.807, 2.05) is 58.3 Å². The molecule has 3 heterocycles. The molecule has 1 saturated heterocycles. The van der Waals surface area contributed by atoms with E-state index in [0.29, 0.717) is 24.5 Å². The van der Waals surface area contributed by atoms with Crippen molar-refractivity contribution in [3.8, 4) is 0 Å². The predicted octanol–water partition coefficient (Wildman–Crippen LogP) is 10.0. The first-order valence-corrected chi connectivity index (χ1v) is 17.6. The number of nitrogens with zero attached hydrogens (tertiary/aromatic N) is 4. The van der Waals surface area contributed by atoms with E-state index in [4.69, 9.17) is 0 Å². The maximum Gasteiger partial charge on any atom is 0.416 e. The molecule has 3 aliphatic heterocycles. The quantitative estimate of drug-likeness (QED) is 0.169. The van der Waals surface area contributed by atoms with Crippen LogP contribution in [0.2, 0.25) is 0 Å². The summed E-state index contributed by atoms with van der Waals surface area (Å²) in [6.07, 6.45) is -7.19. The predicted molar refractivity (Wildman–Crippen MR) is 180 cm³/mol. The summed E-state index contributed by atoms with van der Waals surface area (Å²) in [6, 6.07) is 23.7. The maximum absolute atomic E-state index is 13.6. The maximum atomic E-state index is 13.6. The number of benzene rings is 4. The number of alkyl halides is 6. The van der Waals surface area contributed by atoms with Crippen molar-refractivity contribution in [2.75, 3.05) is 62.2 Å². The highest BCUT2D eigenvalue weighted by Crippen LogP contribution is 2.51. The highest BCUT2D eigenvalue weighted by atomic mass is 32.2. The number of halogens is 6. The number of fused-ring (bicyclic) bond motifs is 4. The number of rotatable bonds is 8. The van der Waals surface area contributed by atoms with Gasteiger partial charge in [0, 0.05) is 58.9 Å². The lowest BCUT2D eigenvalue weighted by molar-refractivity contribution is -0.138. The van der Waals surface area contributed by atoms with Gasteiger partial charge in [0.05, 0.1) is 33.9 Å². The van der Waals surface area contributed by atoms with Gasteiger partial charge >= 0.3 is 12.4 Å². The Morgan fingerprint density at radius 1 is 0.458 bits per heavy atom. The molecule has 0 amide bonds. The molecule has 4 nitrogen and oxygen atoms in total. The summed E-state index contributed by atoms with van der Waals surface area (Å²) in [5.41, 5.74) is 1.80. The Morgan fingerprint density at radius 3 is 1.23 bits per heavy atom. The second kappa shape index (κ2) is 13.5. The Morgan fingerprint density at radius 2 is 0.833 bits per heavy atom. The van der Waals surface area contributed by atoms with Gasteiger partial charge in [-0.2, -0.15) is 26.3 Å². The topological polar surface area (TPSA) is 13.0 Å². The van der Waals surface area contributed by atoms with Gasteiger partial charge in [-0.3, -0.25) is 0 Å². The van der Waals surface area contributed by atoms with Gasteiger partial charge in [0.25, 0.3) is 0 Å². The minimum absolute atomic E-state index is 0.602. The lowest BCUT2D eigenvalue weighted by atomic mass is 10.1. The number of anilines is 4. The molecule has 0 unspecified atom stereocenters. The number of hydrogen-bond acceptors (Lipinski definition) is 6. The molecule has 48 heavy (non-hydrogen) atoms. The Kier molecular flexibility index (Phi) is 9.36. The smallest absolute Gasteiger partial charge is 0.340 e. The van der Waals surface area contributed by atoms with Gasteiger partial charge in [-0.15, -0.1) is 0 Å². The Balaban J connectivity index is 0.936. The second-order valence-corrected chi connectivity index (χ2v) is 14.4. The summed E-state index contributed by atoms with van der Waals surface area (Å²) < 4.78 is 81.5. The van der Waals surface area contributed by atoms with Crippen LogP contribution < -0.4 is 9.80 Å². The summed E-state index contributed by atoms with van der Waals surface area (Å²) in [6.45, 7) is 6.47. The van der Waals surface area contributed by atoms with Crippen LogP contribution >= 0.6 is 23.5 Å². The molecule has 252 valence electrons. The lowest BCUT2D eigenvalue weighted by Gasteiger charge is -2.37. The fraction of sp³-hybridized carbons (Fsp3) is 0.333. The van der Waals surface area contributed by atoms with Gasteiger partial charge < -0.3 is 19.6 Å². The summed E-state index contributed by atoms with van der Waals surface area (Å²) in [4.78, 5) is 12.6. The van der Waals surface area contributed by atoms with E-state index >= 15 is 0 Å². The van der Waals surface area contributed by atoms with Crippen LogP contribution in [0, 0.1) is 0 Å². The largest absolute Gasteiger partial charge is 0.416 e. The molecule has 3 aliphatic rings. The number of hydrogen-bond donors (Lipinski definition) is 0. The van der Waals surface area contributed by atoms with Gasteiger partial charge in [0.2, 0.25) is 0 Å². The van der Waals surface area contributed by atoms with Crippen LogP contribution in [0.1, 0.15) is 24.0 Å². The van der Waals surface area contributed by atoms with Crippen molar-refractivity contribution >= 4 is 46.3 Å². The molecule has 4 aromatic rings. The van der Waals surface area contributed by atoms with E-state index in [0.717, 1.165) is 95.2 Å². The van der Waals surface area contributed by atoms with E-state index < -0.39 is 23.5 Å². The molecule has 0 aliphatic carbocycles. The highest BCUT2D eigenvalue weighted by Gasteiger charge is 2.35. The van der Waals surface area contributed by atoms with Crippen molar-refractivity contribution < 1.29 is 26.3 Å². The molecule has 7 rings (SSSR count). The molecular formula is C36H34F6N4S2. The van der Waals surface area contributed by atoms with Crippen LogP contribution in [0.25, 0.3) is 0 Å². The number of para-hydroxylation sites is 2. The molecule has 0 atom stereocenters. The first-order chi connectivity index (χ1) is 23.0. The minimum atomic E-state index is -4.40. The van der Waals surface area contributed by atoms with Crippen LogP contribution in [0.3, 0.4) is 0 Å². The molecule has 0 saturated carbocycles. The van der Waals surface area contributed by atoms with Crippen molar-refractivity contribution in [3.63, 3.8) is 0 Å². The van der Waals surface area contributed by atoms with Crippen LogP contribution in [-0.4, -0.2) is 62.2 Å². The van der Waals surface area contributed by atoms with Crippen molar-refractivity contribution in [1.82, 2.24) is 9.80 Å². The summed E-state index contributed by atoms with van der Waals surface area (Å²) >= 11 is 3.01. The summed E-state index contributed by atoms with van der Waals surface area (Å²) in [5.74, 6) is 0. The van der Waals surface area contributed by atoms with E-state index in [1.165, 1.54) is 35.7 Å². The second-order valence-electron chi connectivity index (χ2n) is 12.2. The van der Waals surface area contributed by atoms with Crippen LogP contribution in [0.5, 0.6) is 0 Å². The van der Waals surface area contributed by atoms with Crippen molar-refractivity contribution in [2.24, 2.45) is 0 Å². The van der Waals surface area contributed by atoms with Crippen molar-refractivity contribution in [3.05, 3.63) is 96.1 Å². The van der Waals surface area contributed by atoms with Gasteiger partial charge in [0.15, 0.2) is 0 Å². The summed E-state index contributed by atoms with van der Waals surface area (Å²) in [5, 5.41) is 0. The SMILES string of the molecule is FC(F)(F)c1ccc2c(c1)N(CCCN1CCN(CCCN3c4ccccc4Sc4ccc(C(F)(F)F)cc43)CC1)c1ccccc1S2. The Bertz CT molecular complexity index is 1640. The van der Waals surface area contributed by atoms with Gasteiger partial charge in [-0.05, 0) is 86.6 Å². The molecule has 1 fully saturated rings. The third-order valence-electron chi connectivity index (χ3n) is 9.08. The average molecular weight is 701 g/mol. The van der Waals surface area contributed by atoms with E-state index in [2.05, 4.69) is 9.80 Å². The fourth-order valence-electron chi connectivity index (χ4n) is 6.63. The monoisotopic (exact) mass is 700 g/mol. The Hall–Kier alpha value is -3.32. The molecule has 0 aromatic heterocycles. The minimum Gasteiger partial charge on any atom is -0.340 e.